The van der Waals surface area contributed by atoms with E-state index in [1.54, 1.807) is 0 Å². The third-order valence-electron chi connectivity index (χ3n) is 8.69. The summed E-state index contributed by atoms with van der Waals surface area (Å²) in [6.07, 6.45) is 1.86. The molecule has 2 aliphatic rings. The van der Waals surface area contributed by atoms with Crippen molar-refractivity contribution in [3.8, 4) is 0 Å². The number of aromatic nitrogens is 4. The van der Waals surface area contributed by atoms with Crippen LogP contribution in [0.15, 0.2) is 24.3 Å². The van der Waals surface area contributed by atoms with E-state index < -0.39 is 11.9 Å². The topological polar surface area (TPSA) is 138 Å². The van der Waals surface area contributed by atoms with Crippen molar-refractivity contribution in [2.75, 3.05) is 0 Å². The van der Waals surface area contributed by atoms with E-state index >= 15 is 0 Å². The molecule has 8 heteroatoms. The molecule has 2 aliphatic heterocycles. The molecule has 8 nitrogen and oxygen atoms in total. The molecule has 0 atom stereocenters. The van der Waals surface area contributed by atoms with E-state index in [9.17, 15) is 19.8 Å². The minimum Gasteiger partial charge on any atom is -0.550 e. The number of allylic oxidation sites excluding steroid dienone is 4. The van der Waals surface area contributed by atoms with Crippen LogP contribution in [0, 0.1) is 13.8 Å². The van der Waals surface area contributed by atoms with Crippen molar-refractivity contribution in [2.24, 2.45) is 0 Å². The fourth-order valence-electron chi connectivity index (χ4n) is 6.32. The van der Waals surface area contributed by atoms with Crippen LogP contribution < -0.4 is 10.2 Å². The highest BCUT2D eigenvalue weighted by molar-refractivity contribution is 6.00. The van der Waals surface area contributed by atoms with Gasteiger partial charge < -0.3 is 29.8 Å². The second-order valence-corrected chi connectivity index (χ2v) is 11.1. The molecule has 0 saturated heterocycles. The average molecular weight is 565 g/mol. The maximum absolute atomic E-state index is 11.5. The monoisotopic (exact) mass is 564 g/mol. The molecule has 0 aromatic carbocycles. The zero-order valence-electron chi connectivity index (χ0n) is 25.1. The number of carboxylic acids is 2. The van der Waals surface area contributed by atoms with Gasteiger partial charge in [0, 0.05) is 23.0 Å². The van der Waals surface area contributed by atoms with Crippen LogP contribution >= 0.6 is 0 Å². The Labute approximate surface area is 245 Å². The first kappa shape index (κ1) is 29.0. The highest BCUT2D eigenvalue weighted by atomic mass is 16.4. The lowest BCUT2D eigenvalue weighted by molar-refractivity contribution is -0.306. The van der Waals surface area contributed by atoms with Gasteiger partial charge >= 0.3 is 0 Å². The number of aromatic amines is 2. The van der Waals surface area contributed by atoms with Crippen LogP contribution in [-0.4, -0.2) is 31.9 Å². The van der Waals surface area contributed by atoms with Crippen molar-refractivity contribution in [3.63, 3.8) is 0 Å². The lowest BCUT2D eigenvalue weighted by Gasteiger charge is -2.10. The molecule has 0 spiro atoms. The summed E-state index contributed by atoms with van der Waals surface area (Å²) >= 11 is 0. The summed E-state index contributed by atoms with van der Waals surface area (Å²) in [6, 6.07) is 8.00. The second-order valence-electron chi connectivity index (χ2n) is 11.1. The van der Waals surface area contributed by atoms with Gasteiger partial charge in [0.1, 0.15) is 0 Å². The number of fused-ring (bicyclic) bond motifs is 10. The van der Waals surface area contributed by atoms with Gasteiger partial charge in [-0.3, -0.25) is 0 Å². The van der Waals surface area contributed by atoms with Gasteiger partial charge in [-0.15, -0.1) is 0 Å². The van der Waals surface area contributed by atoms with E-state index in [1.807, 2.05) is 38.1 Å². The normalized spacial score (nSPS) is 13.3. The van der Waals surface area contributed by atoms with E-state index in [1.165, 1.54) is 22.3 Å². The van der Waals surface area contributed by atoms with Crippen LogP contribution in [0.5, 0.6) is 0 Å². The first-order valence-electron chi connectivity index (χ1n) is 14.6. The van der Waals surface area contributed by atoms with Gasteiger partial charge in [-0.25, -0.2) is 9.97 Å². The van der Waals surface area contributed by atoms with Crippen LogP contribution in [0.4, 0.5) is 0 Å². The van der Waals surface area contributed by atoms with Gasteiger partial charge in [-0.1, -0.05) is 13.8 Å². The molecule has 0 aliphatic carbocycles. The van der Waals surface area contributed by atoms with Gasteiger partial charge in [0.25, 0.3) is 0 Å². The highest BCUT2D eigenvalue weighted by Crippen LogP contribution is 2.41. The fraction of sp³-hybridized carbons (Fsp3) is 0.353. The van der Waals surface area contributed by atoms with Crippen molar-refractivity contribution in [1.82, 2.24) is 19.9 Å². The predicted molar refractivity (Wildman–Crippen MR) is 163 cm³/mol. The summed E-state index contributed by atoms with van der Waals surface area (Å²) in [6.45, 7) is 12.5. The van der Waals surface area contributed by atoms with Gasteiger partial charge in [-0.05, 0) is 135 Å². The van der Waals surface area contributed by atoms with E-state index in [4.69, 9.17) is 9.97 Å². The Morgan fingerprint density at radius 1 is 0.667 bits per heavy atom. The largest absolute Gasteiger partial charge is 0.550 e. The van der Waals surface area contributed by atoms with Crippen LogP contribution in [0.25, 0.3) is 44.4 Å². The SMILES string of the molecule is CCc1c(C)c2[nH]c1ccc1nc(c3nc(ccc4[nH]c2c(C)c4CC)C(C)=C3CCC(=O)[O-])C(CCC(=O)[O-])=C1C. The molecule has 5 rings (SSSR count). The molecule has 0 fully saturated rings. The third kappa shape index (κ3) is 5.06. The first-order valence-corrected chi connectivity index (χ1v) is 14.6. The minimum absolute atomic E-state index is 0.156. The Bertz CT molecular complexity index is 1720. The van der Waals surface area contributed by atoms with Crippen molar-refractivity contribution < 1.29 is 19.8 Å². The van der Waals surface area contributed by atoms with Crippen LogP contribution in [0.1, 0.15) is 98.4 Å². The number of carbonyl (C=O) groups is 2. The number of hydrogen-bond donors (Lipinski definition) is 2. The van der Waals surface area contributed by atoms with Gasteiger partial charge in [0.2, 0.25) is 0 Å². The standard InChI is InChI=1S/C34H38N4O4/c1-7-21-19(5)31-32-20(6)22(8-2)28(38-32)14-12-26-18(4)24(10-16-30(41)42)34(36-26)33-23(9-15-29(39)40)17(3)25(35-33)11-13-27(21)37-31/h11-14,37-38H,7-10,15-16H2,1-6H3,(H,39,40)(H,41,42)/p-2. The summed E-state index contributed by atoms with van der Waals surface area (Å²) in [7, 11) is 0. The maximum Gasteiger partial charge on any atom is 0.0932 e. The Morgan fingerprint density at radius 3 is 1.38 bits per heavy atom. The van der Waals surface area contributed by atoms with Crippen molar-refractivity contribution in [2.45, 2.75) is 80.1 Å². The summed E-state index contributed by atoms with van der Waals surface area (Å²) in [5.74, 6) is -2.28. The quantitative estimate of drug-likeness (QED) is 0.396. The van der Waals surface area contributed by atoms with Gasteiger partial charge in [0.15, 0.2) is 0 Å². The Morgan fingerprint density at radius 2 is 1.05 bits per heavy atom. The number of H-pyrrole nitrogens is 2. The number of aliphatic carboxylic acids is 2. The lowest BCUT2D eigenvalue weighted by Crippen LogP contribution is -2.22. The number of hydrogen-bond acceptors (Lipinski definition) is 6. The summed E-state index contributed by atoms with van der Waals surface area (Å²) in [5.41, 5.74) is 14.9. The Kier molecular flexibility index (Phi) is 7.91. The molecule has 218 valence electrons. The molecular weight excluding hydrogens is 528 g/mol. The van der Waals surface area contributed by atoms with E-state index in [-0.39, 0.29) is 25.7 Å². The molecule has 0 amide bonds. The maximum atomic E-state index is 11.5. The van der Waals surface area contributed by atoms with Crippen molar-refractivity contribution >= 4 is 56.3 Å². The molecular formula is C34H36N4O4-2. The molecule has 0 unspecified atom stereocenters. The molecule has 42 heavy (non-hydrogen) atoms. The smallest absolute Gasteiger partial charge is 0.0932 e. The molecule has 2 N–H and O–H groups in total. The molecule has 8 bridgehead atoms. The fourth-order valence-corrected chi connectivity index (χ4v) is 6.32. The summed E-state index contributed by atoms with van der Waals surface area (Å²) in [5, 5.41) is 22.9. The van der Waals surface area contributed by atoms with Gasteiger partial charge in [0.05, 0.1) is 33.8 Å². The number of carboxylic acid groups (broad SMARTS) is 2. The zero-order chi connectivity index (χ0) is 30.3. The Balaban J connectivity index is 1.92. The second kappa shape index (κ2) is 11.4. The summed E-state index contributed by atoms with van der Waals surface area (Å²) < 4.78 is 0. The van der Waals surface area contributed by atoms with E-state index in [2.05, 4.69) is 37.7 Å². The number of aryl methyl sites for hydroxylation is 4. The van der Waals surface area contributed by atoms with E-state index in [0.717, 1.165) is 68.6 Å². The van der Waals surface area contributed by atoms with Crippen LogP contribution in [0.2, 0.25) is 0 Å². The third-order valence-corrected chi connectivity index (χ3v) is 8.69. The van der Waals surface area contributed by atoms with E-state index in [0.29, 0.717) is 11.4 Å². The molecule has 5 heterocycles. The minimum atomic E-state index is -1.14. The first-order chi connectivity index (χ1) is 20.0. The molecule has 0 saturated carbocycles. The van der Waals surface area contributed by atoms with Crippen LogP contribution in [-0.2, 0) is 22.4 Å². The average Bonchev–Trinajstić information content (AvgIpc) is 3.63. The lowest BCUT2D eigenvalue weighted by atomic mass is 9.95. The number of carbonyl (C=O) groups excluding carboxylic acids is 2. The zero-order valence-corrected chi connectivity index (χ0v) is 25.1. The Hall–Kier alpha value is -4.46. The predicted octanol–water partition coefficient (Wildman–Crippen LogP) is 4.98. The number of nitrogens with one attached hydrogen (secondary N) is 2. The molecule has 3 aromatic rings. The number of rotatable bonds is 8. The summed E-state index contributed by atoms with van der Waals surface area (Å²) in [4.78, 5) is 40.2. The van der Waals surface area contributed by atoms with Gasteiger partial charge in [-0.2, -0.15) is 0 Å². The molecule has 3 aromatic heterocycles. The molecule has 0 radical (unpaired) electrons. The number of nitrogens with zero attached hydrogens (tertiary/aromatic N) is 2. The van der Waals surface area contributed by atoms with Crippen molar-refractivity contribution in [3.05, 3.63) is 69.3 Å². The van der Waals surface area contributed by atoms with Crippen LogP contribution in [0.3, 0.4) is 0 Å². The highest BCUT2D eigenvalue weighted by Gasteiger charge is 2.26. The van der Waals surface area contributed by atoms with Crippen molar-refractivity contribution in [1.29, 1.82) is 0 Å².